The Morgan fingerprint density at radius 2 is 1.71 bits per heavy atom. The maximum absolute atomic E-state index is 11.9. The third-order valence-electron chi connectivity index (χ3n) is 4.94. The summed E-state index contributed by atoms with van der Waals surface area (Å²) in [7, 11) is 1.84. The molecule has 0 radical (unpaired) electrons. The molecule has 0 unspecified atom stereocenters. The van der Waals surface area contributed by atoms with Gasteiger partial charge in [-0.3, -0.25) is 9.69 Å². The number of nitrogens with zero attached hydrogens (tertiary/aromatic N) is 2. The van der Waals surface area contributed by atoms with Crippen LogP contribution in [-0.2, 0) is 13.1 Å². The van der Waals surface area contributed by atoms with Gasteiger partial charge in [0.05, 0.1) is 0 Å². The largest absolute Gasteiger partial charge is 0.356 e. The van der Waals surface area contributed by atoms with Crippen molar-refractivity contribution in [3.05, 3.63) is 59.2 Å². The van der Waals surface area contributed by atoms with E-state index in [9.17, 15) is 4.79 Å². The summed E-state index contributed by atoms with van der Waals surface area (Å²) in [6.45, 7) is 4.19. The Morgan fingerprint density at radius 3 is 2.46 bits per heavy atom. The Kier molecular flexibility index (Phi) is 3.98. The first-order valence-electron chi connectivity index (χ1n) is 8.66. The van der Waals surface area contributed by atoms with Crippen molar-refractivity contribution >= 4 is 17.3 Å². The molecule has 0 bridgehead atoms. The van der Waals surface area contributed by atoms with Crippen molar-refractivity contribution in [2.75, 3.05) is 25.5 Å². The van der Waals surface area contributed by atoms with Crippen LogP contribution in [0.2, 0.25) is 0 Å². The lowest BCUT2D eigenvalue weighted by Crippen LogP contribution is -2.18. The SMILES string of the molecule is CN1Cc2cc(Nc3ccc(CN4CCCC4)cc3)ccc2C1=O. The van der Waals surface area contributed by atoms with Gasteiger partial charge in [0.1, 0.15) is 0 Å². The summed E-state index contributed by atoms with van der Waals surface area (Å²) in [5, 5.41) is 3.44. The number of anilines is 2. The van der Waals surface area contributed by atoms with Crippen LogP contribution in [0.15, 0.2) is 42.5 Å². The highest BCUT2D eigenvalue weighted by Gasteiger charge is 2.24. The summed E-state index contributed by atoms with van der Waals surface area (Å²) in [5.41, 5.74) is 5.40. The first-order chi connectivity index (χ1) is 11.7. The van der Waals surface area contributed by atoms with Gasteiger partial charge in [0, 0.05) is 37.1 Å². The number of fused-ring (bicyclic) bond motifs is 1. The molecule has 1 amide bonds. The van der Waals surface area contributed by atoms with E-state index in [1.807, 2.05) is 19.2 Å². The average molecular weight is 321 g/mol. The minimum atomic E-state index is 0.114. The van der Waals surface area contributed by atoms with Crippen LogP contribution < -0.4 is 5.32 Å². The maximum Gasteiger partial charge on any atom is 0.254 e. The molecule has 4 heteroatoms. The second-order valence-electron chi connectivity index (χ2n) is 6.84. The monoisotopic (exact) mass is 321 g/mol. The van der Waals surface area contributed by atoms with E-state index in [0.717, 1.165) is 29.0 Å². The molecule has 2 heterocycles. The zero-order valence-electron chi connectivity index (χ0n) is 14.1. The van der Waals surface area contributed by atoms with Crippen LogP contribution in [0.3, 0.4) is 0 Å². The van der Waals surface area contributed by atoms with Crippen LogP contribution in [0.1, 0.15) is 34.3 Å². The molecule has 2 aromatic rings. The normalized spacial score (nSPS) is 17.4. The molecule has 124 valence electrons. The number of rotatable bonds is 4. The first kappa shape index (κ1) is 15.2. The van der Waals surface area contributed by atoms with Crippen LogP contribution in [0.25, 0.3) is 0 Å². The van der Waals surface area contributed by atoms with Crippen molar-refractivity contribution in [2.24, 2.45) is 0 Å². The molecule has 0 atom stereocenters. The molecule has 24 heavy (non-hydrogen) atoms. The van der Waals surface area contributed by atoms with Crippen molar-refractivity contribution in [3.63, 3.8) is 0 Å². The molecular weight excluding hydrogens is 298 g/mol. The lowest BCUT2D eigenvalue weighted by Gasteiger charge is -2.15. The number of carbonyl (C=O) groups excluding carboxylic acids is 1. The first-order valence-corrected chi connectivity index (χ1v) is 8.66. The maximum atomic E-state index is 11.9. The summed E-state index contributed by atoms with van der Waals surface area (Å²) >= 11 is 0. The lowest BCUT2D eigenvalue weighted by atomic mass is 10.1. The van der Waals surface area contributed by atoms with E-state index in [4.69, 9.17) is 0 Å². The fourth-order valence-corrected chi connectivity index (χ4v) is 3.60. The lowest BCUT2D eigenvalue weighted by molar-refractivity contribution is 0.0816. The average Bonchev–Trinajstić information content (AvgIpc) is 3.18. The molecule has 0 aromatic heterocycles. The van der Waals surface area contributed by atoms with Gasteiger partial charge in [-0.1, -0.05) is 12.1 Å². The van der Waals surface area contributed by atoms with Gasteiger partial charge in [-0.05, 0) is 67.4 Å². The number of carbonyl (C=O) groups is 1. The smallest absolute Gasteiger partial charge is 0.254 e. The van der Waals surface area contributed by atoms with Crippen molar-refractivity contribution < 1.29 is 4.79 Å². The molecular formula is C20H23N3O. The number of amides is 1. The van der Waals surface area contributed by atoms with E-state index in [1.165, 1.54) is 31.5 Å². The molecule has 1 saturated heterocycles. The highest BCUT2D eigenvalue weighted by Crippen LogP contribution is 2.26. The summed E-state index contributed by atoms with van der Waals surface area (Å²) < 4.78 is 0. The zero-order chi connectivity index (χ0) is 16.5. The Balaban J connectivity index is 1.44. The third-order valence-corrected chi connectivity index (χ3v) is 4.94. The number of hydrogen-bond donors (Lipinski definition) is 1. The van der Waals surface area contributed by atoms with E-state index in [2.05, 4.69) is 40.5 Å². The quantitative estimate of drug-likeness (QED) is 0.934. The molecule has 4 rings (SSSR count). The topological polar surface area (TPSA) is 35.6 Å². The van der Waals surface area contributed by atoms with Crippen molar-refractivity contribution in [1.82, 2.24) is 9.80 Å². The van der Waals surface area contributed by atoms with Crippen LogP contribution in [0.5, 0.6) is 0 Å². The van der Waals surface area contributed by atoms with Crippen molar-refractivity contribution in [3.8, 4) is 0 Å². The van der Waals surface area contributed by atoms with Crippen LogP contribution in [0, 0.1) is 0 Å². The molecule has 1 N–H and O–H groups in total. The van der Waals surface area contributed by atoms with Gasteiger partial charge in [-0.15, -0.1) is 0 Å². The summed E-state index contributed by atoms with van der Waals surface area (Å²) in [6, 6.07) is 14.6. The van der Waals surface area contributed by atoms with E-state index < -0.39 is 0 Å². The van der Waals surface area contributed by atoms with Crippen molar-refractivity contribution in [2.45, 2.75) is 25.9 Å². The van der Waals surface area contributed by atoms with E-state index in [-0.39, 0.29) is 5.91 Å². The Labute approximate surface area is 143 Å². The summed E-state index contributed by atoms with van der Waals surface area (Å²) in [4.78, 5) is 16.2. The highest BCUT2D eigenvalue weighted by molar-refractivity contribution is 5.98. The van der Waals surface area contributed by atoms with Gasteiger partial charge in [0.2, 0.25) is 0 Å². The summed E-state index contributed by atoms with van der Waals surface area (Å²) in [5.74, 6) is 0.114. The molecule has 2 aromatic carbocycles. The molecule has 0 spiro atoms. The van der Waals surface area contributed by atoms with Gasteiger partial charge in [-0.2, -0.15) is 0 Å². The van der Waals surface area contributed by atoms with E-state index in [0.29, 0.717) is 6.54 Å². The van der Waals surface area contributed by atoms with Crippen molar-refractivity contribution in [1.29, 1.82) is 0 Å². The molecule has 1 fully saturated rings. The molecule has 2 aliphatic rings. The summed E-state index contributed by atoms with van der Waals surface area (Å²) in [6.07, 6.45) is 2.66. The fraction of sp³-hybridized carbons (Fsp3) is 0.350. The standard InChI is InChI=1S/C20H23N3O/c1-22-14-16-12-18(8-9-19(16)20(22)24)21-17-6-4-15(5-7-17)13-23-10-2-3-11-23/h4-9,12,21H,2-3,10-11,13-14H2,1H3. The zero-order valence-corrected chi connectivity index (χ0v) is 14.1. The number of hydrogen-bond acceptors (Lipinski definition) is 3. The van der Waals surface area contributed by atoms with Gasteiger partial charge in [0.25, 0.3) is 5.91 Å². The van der Waals surface area contributed by atoms with Gasteiger partial charge in [-0.25, -0.2) is 0 Å². The van der Waals surface area contributed by atoms with Crippen LogP contribution >= 0.6 is 0 Å². The van der Waals surface area contributed by atoms with Gasteiger partial charge >= 0.3 is 0 Å². The molecule has 2 aliphatic heterocycles. The third kappa shape index (κ3) is 3.02. The second-order valence-corrected chi connectivity index (χ2v) is 6.84. The molecule has 4 nitrogen and oxygen atoms in total. The number of benzene rings is 2. The highest BCUT2D eigenvalue weighted by atomic mass is 16.2. The van der Waals surface area contributed by atoms with Gasteiger partial charge in [0.15, 0.2) is 0 Å². The number of likely N-dealkylation sites (tertiary alicyclic amines) is 1. The molecule has 0 saturated carbocycles. The predicted octanol–water partition coefficient (Wildman–Crippen LogP) is 3.61. The van der Waals surface area contributed by atoms with E-state index in [1.54, 1.807) is 4.90 Å². The Morgan fingerprint density at radius 1 is 1.00 bits per heavy atom. The van der Waals surface area contributed by atoms with Gasteiger partial charge < -0.3 is 10.2 Å². The minimum Gasteiger partial charge on any atom is -0.356 e. The minimum absolute atomic E-state index is 0.114. The number of nitrogens with one attached hydrogen (secondary N) is 1. The second kappa shape index (κ2) is 6.29. The fourth-order valence-electron chi connectivity index (χ4n) is 3.60. The van der Waals surface area contributed by atoms with E-state index >= 15 is 0 Å². The Bertz CT molecular complexity index is 748. The predicted molar refractivity (Wildman–Crippen MR) is 96.5 cm³/mol. The van der Waals surface area contributed by atoms with Crippen LogP contribution in [0.4, 0.5) is 11.4 Å². The Hall–Kier alpha value is -2.33. The molecule has 0 aliphatic carbocycles. The van der Waals surface area contributed by atoms with Crippen LogP contribution in [-0.4, -0.2) is 35.8 Å².